The smallest absolute Gasteiger partial charge is 0.159 e. The van der Waals surface area contributed by atoms with Gasteiger partial charge in [-0.05, 0) is 85.2 Å². The maximum Gasteiger partial charge on any atom is 0.159 e. The first-order valence-corrected chi connectivity index (χ1v) is 13.2. The molecule has 182 valence electrons. The molecule has 0 amide bonds. The molecule has 4 heteroatoms. The van der Waals surface area contributed by atoms with Gasteiger partial charge in [0.25, 0.3) is 0 Å². The minimum atomic E-state index is -0.927. The van der Waals surface area contributed by atoms with Crippen molar-refractivity contribution in [3.63, 3.8) is 0 Å². The van der Waals surface area contributed by atoms with Crippen LogP contribution in [0, 0.1) is 46.3 Å². The molecular weight excluding hydrogens is 400 g/mol. The monoisotopic (exact) mass is 446 g/mol. The standard InChI is InChI=1S/C28H46O4/c1-16(2)17(3)7-8-18(4)19-10-12-28(32)21-13-23(29)22-14-24(30)25(31)15-26(22,5)20(21)9-11-27(19,28)6/h13,16-20,22,24-25,30-32H,7-12,14-15H2,1-6H3/t17-,18-,19-,20+,22-,24-,25+,26-,27-,28-/m1/s1. The lowest BCUT2D eigenvalue weighted by molar-refractivity contribution is -0.153. The van der Waals surface area contributed by atoms with Crippen LogP contribution in [0.3, 0.4) is 0 Å². The Labute approximate surface area is 194 Å². The summed E-state index contributed by atoms with van der Waals surface area (Å²) in [6, 6.07) is 0. The Bertz CT molecular complexity index is 773. The third-order valence-electron chi connectivity index (χ3n) is 11.1. The van der Waals surface area contributed by atoms with Crippen molar-refractivity contribution in [2.24, 2.45) is 46.3 Å². The Morgan fingerprint density at radius 1 is 1.00 bits per heavy atom. The van der Waals surface area contributed by atoms with E-state index in [0.717, 1.165) is 31.3 Å². The van der Waals surface area contributed by atoms with Gasteiger partial charge in [0.05, 0.1) is 17.8 Å². The number of carbonyl (C=O) groups is 1. The average Bonchev–Trinajstić information content (AvgIpc) is 3.00. The summed E-state index contributed by atoms with van der Waals surface area (Å²) in [5.74, 6) is 2.34. The zero-order valence-corrected chi connectivity index (χ0v) is 21.1. The first kappa shape index (κ1) is 24.4. The fourth-order valence-electron chi connectivity index (χ4n) is 8.38. The van der Waals surface area contributed by atoms with Crippen LogP contribution in [-0.4, -0.2) is 38.9 Å². The fourth-order valence-corrected chi connectivity index (χ4v) is 8.38. The van der Waals surface area contributed by atoms with Crippen LogP contribution in [0.4, 0.5) is 0 Å². The molecule has 0 aliphatic heterocycles. The van der Waals surface area contributed by atoms with E-state index in [2.05, 4.69) is 41.5 Å². The zero-order valence-electron chi connectivity index (χ0n) is 21.1. The highest BCUT2D eigenvalue weighted by Gasteiger charge is 2.66. The predicted octanol–water partition coefficient (Wildman–Crippen LogP) is 4.90. The molecule has 3 saturated carbocycles. The molecule has 4 aliphatic carbocycles. The third kappa shape index (κ3) is 3.46. The molecule has 0 heterocycles. The van der Waals surface area contributed by atoms with E-state index in [9.17, 15) is 20.1 Å². The van der Waals surface area contributed by atoms with Gasteiger partial charge in [0.2, 0.25) is 0 Å². The van der Waals surface area contributed by atoms with E-state index in [1.807, 2.05) is 0 Å². The topological polar surface area (TPSA) is 77.8 Å². The Morgan fingerprint density at radius 3 is 2.34 bits per heavy atom. The van der Waals surface area contributed by atoms with Gasteiger partial charge in [-0.15, -0.1) is 0 Å². The normalized spacial score (nSPS) is 48.0. The van der Waals surface area contributed by atoms with Crippen molar-refractivity contribution in [3.05, 3.63) is 11.6 Å². The molecule has 4 rings (SSSR count). The van der Waals surface area contributed by atoms with Crippen LogP contribution in [-0.2, 0) is 4.79 Å². The molecule has 32 heavy (non-hydrogen) atoms. The van der Waals surface area contributed by atoms with Crippen LogP contribution in [0.1, 0.15) is 92.9 Å². The summed E-state index contributed by atoms with van der Waals surface area (Å²) in [5.41, 5.74) is -0.563. The van der Waals surface area contributed by atoms with Gasteiger partial charge in [0, 0.05) is 11.3 Å². The van der Waals surface area contributed by atoms with E-state index >= 15 is 0 Å². The second-order valence-corrected chi connectivity index (χ2v) is 12.9. The summed E-state index contributed by atoms with van der Waals surface area (Å²) in [5, 5.41) is 33.0. The summed E-state index contributed by atoms with van der Waals surface area (Å²) in [4.78, 5) is 13.3. The maximum atomic E-state index is 13.3. The van der Waals surface area contributed by atoms with Crippen molar-refractivity contribution in [2.75, 3.05) is 0 Å². The highest BCUT2D eigenvalue weighted by Crippen LogP contribution is 2.68. The lowest BCUT2D eigenvalue weighted by Crippen LogP contribution is -2.60. The molecule has 10 atom stereocenters. The second kappa shape index (κ2) is 8.20. The van der Waals surface area contributed by atoms with Crippen molar-refractivity contribution in [1.29, 1.82) is 0 Å². The van der Waals surface area contributed by atoms with Gasteiger partial charge in [0.15, 0.2) is 5.78 Å². The average molecular weight is 447 g/mol. The first-order chi connectivity index (χ1) is 14.8. The number of hydrogen-bond donors (Lipinski definition) is 3. The summed E-state index contributed by atoms with van der Waals surface area (Å²) in [7, 11) is 0. The molecule has 3 N–H and O–H groups in total. The molecule has 4 aliphatic rings. The van der Waals surface area contributed by atoms with Crippen LogP contribution < -0.4 is 0 Å². The van der Waals surface area contributed by atoms with Gasteiger partial charge in [-0.3, -0.25) is 4.79 Å². The van der Waals surface area contributed by atoms with Gasteiger partial charge >= 0.3 is 0 Å². The molecule has 0 saturated heterocycles. The number of carbonyl (C=O) groups excluding carboxylic acids is 1. The SMILES string of the molecule is CC(C)[C@H](C)CC[C@@H](C)[C@H]1CC[C@@]2(O)C3=CC(=O)[C@H]4C[C@@H](O)[C@@H](O)C[C@]4(C)[C@H]3CC[C@]12C. The molecule has 0 aromatic carbocycles. The Morgan fingerprint density at radius 2 is 1.69 bits per heavy atom. The molecule has 0 spiro atoms. The number of ketones is 1. The van der Waals surface area contributed by atoms with Crippen molar-refractivity contribution in [3.8, 4) is 0 Å². The minimum Gasteiger partial charge on any atom is -0.390 e. The van der Waals surface area contributed by atoms with E-state index in [-0.39, 0.29) is 28.4 Å². The fraction of sp³-hybridized carbons (Fsp3) is 0.893. The van der Waals surface area contributed by atoms with Crippen molar-refractivity contribution in [1.82, 2.24) is 0 Å². The summed E-state index contributed by atoms with van der Waals surface area (Å²) >= 11 is 0. The number of allylic oxidation sites excluding steroid dienone is 1. The number of aliphatic hydroxyl groups excluding tert-OH is 2. The van der Waals surface area contributed by atoms with Gasteiger partial charge in [-0.1, -0.05) is 54.4 Å². The maximum absolute atomic E-state index is 13.3. The highest BCUT2D eigenvalue weighted by molar-refractivity contribution is 5.95. The van der Waals surface area contributed by atoms with E-state index in [0.29, 0.717) is 36.5 Å². The van der Waals surface area contributed by atoms with Gasteiger partial charge in [0.1, 0.15) is 0 Å². The molecular formula is C28H46O4. The number of aliphatic hydroxyl groups is 3. The second-order valence-electron chi connectivity index (χ2n) is 12.9. The molecule has 0 aromatic rings. The van der Waals surface area contributed by atoms with Crippen molar-refractivity contribution < 1.29 is 20.1 Å². The molecule has 0 bridgehead atoms. The van der Waals surface area contributed by atoms with Gasteiger partial charge in [-0.25, -0.2) is 0 Å². The van der Waals surface area contributed by atoms with Crippen LogP contribution in [0.15, 0.2) is 11.6 Å². The first-order valence-electron chi connectivity index (χ1n) is 13.2. The van der Waals surface area contributed by atoms with E-state index in [1.165, 1.54) is 12.8 Å². The summed E-state index contributed by atoms with van der Waals surface area (Å²) in [6.07, 6.45) is 7.03. The lowest BCUT2D eigenvalue weighted by Gasteiger charge is -2.60. The van der Waals surface area contributed by atoms with Gasteiger partial charge < -0.3 is 15.3 Å². The van der Waals surface area contributed by atoms with Crippen LogP contribution in [0.25, 0.3) is 0 Å². The predicted molar refractivity (Wildman–Crippen MR) is 127 cm³/mol. The number of rotatable bonds is 5. The molecule has 0 unspecified atom stereocenters. The van der Waals surface area contributed by atoms with E-state index in [4.69, 9.17) is 0 Å². The molecule has 0 radical (unpaired) electrons. The number of fused-ring (bicyclic) bond motifs is 5. The Balaban J connectivity index is 1.61. The third-order valence-corrected chi connectivity index (χ3v) is 11.1. The number of hydrogen-bond acceptors (Lipinski definition) is 4. The quantitative estimate of drug-likeness (QED) is 0.561. The van der Waals surface area contributed by atoms with Crippen LogP contribution in [0.5, 0.6) is 0 Å². The minimum absolute atomic E-state index is 0.0460. The van der Waals surface area contributed by atoms with Crippen LogP contribution in [0.2, 0.25) is 0 Å². The van der Waals surface area contributed by atoms with Crippen molar-refractivity contribution in [2.45, 2.75) is 111 Å². The largest absolute Gasteiger partial charge is 0.390 e. The van der Waals surface area contributed by atoms with Gasteiger partial charge in [-0.2, -0.15) is 0 Å². The van der Waals surface area contributed by atoms with E-state index < -0.39 is 17.8 Å². The van der Waals surface area contributed by atoms with Crippen molar-refractivity contribution >= 4 is 5.78 Å². The van der Waals surface area contributed by atoms with Crippen LogP contribution >= 0.6 is 0 Å². The zero-order chi connectivity index (χ0) is 23.6. The van der Waals surface area contributed by atoms with E-state index in [1.54, 1.807) is 6.08 Å². The highest BCUT2D eigenvalue weighted by atomic mass is 16.3. The molecule has 3 fully saturated rings. The summed E-state index contributed by atoms with van der Waals surface area (Å²) < 4.78 is 0. The lowest BCUT2D eigenvalue weighted by atomic mass is 9.46. The summed E-state index contributed by atoms with van der Waals surface area (Å²) in [6.45, 7) is 13.7. The molecule has 0 aromatic heterocycles. The Hall–Kier alpha value is -0.710. The molecule has 4 nitrogen and oxygen atoms in total. The Kier molecular flexibility index (Phi) is 6.26.